The Hall–Kier alpha value is -4.32. The molecule has 0 fully saturated rings. The molecule has 0 aliphatic heterocycles. The van der Waals surface area contributed by atoms with Crippen molar-refractivity contribution in [3.63, 3.8) is 0 Å². The second-order valence-electron chi connectivity index (χ2n) is 8.96. The Kier molecular flexibility index (Phi) is 9.53. The molecule has 2 aromatic carbocycles. The van der Waals surface area contributed by atoms with Crippen LogP contribution in [0.1, 0.15) is 39.8 Å². The lowest BCUT2D eigenvalue weighted by molar-refractivity contribution is -0.726. The maximum Gasteiger partial charge on any atom is 0.169 e. The van der Waals surface area contributed by atoms with Crippen LogP contribution in [0.3, 0.4) is 0 Å². The van der Waals surface area contributed by atoms with E-state index in [1.54, 1.807) is 12.4 Å². The zero-order chi connectivity index (χ0) is 25.7. The Morgan fingerprint density at radius 2 is 1.00 bits per heavy atom. The van der Waals surface area contributed by atoms with Gasteiger partial charge in [0.05, 0.1) is 18.9 Å². The molecule has 0 bridgehead atoms. The normalized spacial score (nSPS) is 11.3. The smallest absolute Gasteiger partial charge is 0.169 e. The molecule has 6 nitrogen and oxygen atoms in total. The maximum atomic E-state index is 5.45. The Morgan fingerprint density at radius 3 is 1.41 bits per heavy atom. The molecular formula is C31H34N4O2+2. The summed E-state index contributed by atoms with van der Waals surface area (Å²) in [6, 6.07) is 24.5. The number of benzene rings is 2. The van der Waals surface area contributed by atoms with Crippen molar-refractivity contribution in [2.75, 3.05) is 0 Å². The predicted octanol–water partition coefficient (Wildman–Crippen LogP) is 5.07. The van der Waals surface area contributed by atoms with Crippen LogP contribution in [0, 0.1) is 13.8 Å². The van der Waals surface area contributed by atoms with E-state index in [1.165, 1.54) is 11.1 Å². The van der Waals surface area contributed by atoms with E-state index >= 15 is 0 Å². The van der Waals surface area contributed by atoms with Gasteiger partial charge in [0.25, 0.3) is 0 Å². The van der Waals surface area contributed by atoms with Gasteiger partial charge in [0.15, 0.2) is 37.9 Å². The van der Waals surface area contributed by atoms with Gasteiger partial charge < -0.3 is 9.68 Å². The van der Waals surface area contributed by atoms with Gasteiger partial charge in [0, 0.05) is 35.4 Å². The van der Waals surface area contributed by atoms with Crippen LogP contribution >= 0.6 is 0 Å². The van der Waals surface area contributed by atoms with E-state index in [4.69, 9.17) is 9.68 Å². The fourth-order valence-corrected chi connectivity index (χ4v) is 3.80. The van der Waals surface area contributed by atoms with E-state index < -0.39 is 0 Å². The van der Waals surface area contributed by atoms with E-state index in [0.29, 0.717) is 13.2 Å². The Bertz CT molecular complexity index is 1210. The Labute approximate surface area is 219 Å². The van der Waals surface area contributed by atoms with Gasteiger partial charge in [0.1, 0.15) is 13.2 Å². The van der Waals surface area contributed by atoms with E-state index in [1.807, 2.05) is 48.5 Å². The largest absolute Gasteiger partial charge is 0.391 e. The second-order valence-corrected chi connectivity index (χ2v) is 8.96. The van der Waals surface area contributed by atoms with Crippen LogP contribution in [0.2, 0.25) is 0 Å². The van der Waals surface area contributed by atoms with E-state index in [9.17, 15) is 0 Å². The van der Waals surface area contributed by atoms with Gasteiger partial charge in [-0.3, -0.25) is 0 Å². The van der Waals surface area contributed by atoms with Crippen molar-refractivity contribution in [1.29, 1.82) is 0 Å². The van der Waals surface area contributed by atoms with Gasteiger partial charge in [-0.15, -0.1) is 0 Å². The van der Waals surface area contributed by atoms with Crippen molar-refractivity contribution in [2.45, 2.75) is 46.6 Å². The number of hydrogen-bond acceptors (Lipinski definition) is 4. The first kappa shape index (κ1) is 25.8. The molecule has 2 aromatic heterocycles. The standard InChI is InChI=1S/C31H34N4O2/c1-26-8-3-5-10-30(26)24-36-32-22-28-12-18-34(19-13-28)16-7-17-35-20-14-29(15-21-35)23-33-37-25-31-11-6-4-9-27(31)2/h3-6,8-15,18-23H,7,16-17,24-25H2,1-2H3/q+2/b32-22+,33-23+. The Morgan fingerprint density at radius 1 is 0.595 bits per heavy atom. The summed E-state index contributed by atoms with van der Waals surface area (Å²) in [5.41, 5.74) is 6.73. The SMILES string of the molecule is Cc1ccccc1CO/N=C/c1cc[n+](CCC[n+]2ccc(/C=N/OCc3ccccc3C)cc2)cc1. The summed E-state index contributed by atoms with van der Waals surface area (Å²) in [6.45, 7) is 6.97. The molecule has 0 amide bonds. The van der Waals surface area contributed by atoms with E-state index in [-0.39, 0.29) is 0 Å². The maximum absolute atomic E-state index is 5.45. The summed E-state index contributed by atoms with van der Waals surface area (Å²) in [6.07, 6.45) is 12.8. The third-order valence-corrected chi connectivity index (χ3v) is 6.18. The van der Waals surface area contributed by atoms with Gasteiger partial charge in [-0.05, 0) is 36.1 Å². The minimum absolute atomic E-state index is 0.475. The highest BCUT2D eigenvalue weighted by Gasteiger charge is 2.05. The number of nitrogens with zero attached hydrogens (tertiary/aromatic N) is 4. The molecule has 0 radical (unpaired) electrons. The number of pyridine rings is 2. The summed E-state index contributed by atoms with van der Waals surface area (Å²) in [4.78, 5) is 10.9. The lowest BCUT2D eigenvalue weighted by Gasteiger charge is -2.03. The van der Waals surface area contributed by atoms with Crippen molar-refractivity contribution >= 4 is 12.4 Å². The molecule has 0 saturated heterocycles. The van der Waals surface area contributed by atoms with Crippen molar-refractivity contribution < 1.29 is 18.8 Å². The van der Waals surface area contributed by atoms with Crippen LogP contribution in [0.5, 0.6) is 0 Å². The molecule has 4 aromatic rings. The van der Waals surface area contributed by atoms with Gasteiger partial charge in [-0.2, -0.15) is 0 Å². The zero-order valence-electron chi connectivity index (χ0n) is 21.5. The van der Waals surface area contributed by atoms with Crippen LogP contribution in [-0.4, -0.2) is 12.4 Å². The lowest BCUT2D eigenvalue weighted by atomic mass is 10.1. The molecule has 0 saturated carbocycles. The highest BCUT2D eigenvalue weighted by molar-refractivity contribution is 5.78. The molecule has 0 N–H and O–H groups in total. The molecule has 2 heterocycles. The third-order valence-electron chi connectivity index (χ3n) is 6.18. The van der Waals surface area contributed by atoms with E-state index in [0.717, 1.165) is 41.8 Å². The van der Waals surface area contributed by atoms with Crippen LogP contribution < -0.4 is 9.13 Å². The van der Waals surface area contributed by atoms with Crippen LogP contribution in [-0.2, 0) is 36.0 Å². The summed E-state index contributed by atoms with van der Waals surface area (Å²) in [5.74, 6) is 0. The lowest BCUT2D eigenvalue weighted by Crippen LogP contribution is -2.38. The van der Waals surface area contributed by atoms with Crippen LogP contribution in [0.25, 0.3) is 0 Å². The summed E-state index contributed by atoms with van der Waals surface area (Å²) >= 11 is 0. The molecule has 37 heavy (non-hydrogen) atoms. The average molecular weight is 495 g/mol. The number of rotatable bonds is 12. The topological polar surface area (TPSA) is 50.9 Å². The molecule has 188 valence electrons. The number of aryl methyl sites for hydroxylation is 4. The highest BCUT2D eigenvalue weighted by atomic mass is 16.6. The molecule has 4 rings (SSSR count). The van der Waals surface area contributed by atoms with Crippen molar-refractivity contribution in [3.05, 3.63) is 131 Å². The van der Waals surface area contributed by atoms with Gasteiger partial charge in [-0.25, -0.2) is 9.13 Å². The first-order valence-electron chi connectivity index (χ1n) is 12.6. The molecule has 0 atom stereocenters. The summed E-state index contributed by atoms with van der Waals surface area (Å²) < 4.78 is 4.36. The molecule has 0 unspecified atom stereocenters. The number of oxime groups is 2. The van der Waals surface area contributed by atoms with Crippen molar-refractivity contribution in [1.82, 2.24) is 0 Å². The summed E-state index contributed by atoms with van der Waals surface area (Å²) in [7, 11) is 0. The minimum Gasteiger partial charge on any atom is -0.391 e. The van der Waals surface area contributed by atoms with E-state index in [2.05, 4.69) is 82.3 Å². The van der Waals surface area contributed by atoms with Crippen LogP contribution in [0.15, 0.2) is 108 Å². The van der Waals surface area contributed by atoms with Gasteiger partial charge in [0.2, 0.25) is 0 Å². The van der Waals surface area contributed by atoms with Gasteiger partial charge in [-0.1, -0.05) is 58.8 Å². The monoisotopic (exact) mass is 494 g/mol. The second kappa shape index (κ2) is 13.7. The first-order valence-corrected chi connectivity index (χ1v) is 12.6. The zero-order valence-corrected chi connectivity index (χ0v) is 21.5. The fraction of sp³-hybridized carbons (Fsp3) is 0.226. The third kappa shape index (κ3) is 8.39. The van der Waals surface area contributed by atoms with Gasteiger partial charge >= 0.3 is 0 Å². The quantitative estimate of drug-likeness (QED) is 0.157. The van der Waals surface area contributed by atoms with Crippen LogP contribution in [0.4, 0.5) is 0 Å². The van der Waals surface area contributed by atoms with Crippen molar-refractivity contribution in [2.24, 2.45) is 10.3 Å². The molecular weight excluding hydrogens is 460 g/mol. The predicted molar refractivity (Wildman–Crippen MR) is 145 cm³/mol. The molecule has 0 aliphatic rings. The number of aromatic nitrogens is 2. The Balaban J connectivity index is 1.15. The highest BCUT2D eigenvalue weighted by Crippen LogP contribution is 2.09. The van der Waals surface area contributed by atoms with Crippen molar-refractivity contribution in [3.8, 4) is 0 Å². The molecule has 6 heteroatoms. The number of hydrogen-bond donors (Lipinski definition) is 0. The first-order chi connectivity index (χ1) is 18.2. The fourth-order valence-electron chi connectivity index (χ4n) is 3.80. The summed E-state index contributed by atoms with van der Waals surface area (Å²) in [5, 5.41) is 8.21. The average Bonchev–Trinajstić information content (AvgIpc) is 2.92. The minimum atomic E-state index is 0.475. The molecule has 0 spiro atoms. The molecule has 0 aliphatic carbocycles.